The molecule has 0 saturated carbocycles. The largest absolute Gasteiger partial charge is 0.307 e. The normalized spacial score (nSPS) is 28.5. The van der Waals surface area contributed by atoms with E-state index in [1.54, 1.807) is 0 Å². The van der Waals surface area contributed by atoms with E-state index >= 15 is 8.78 Å². The Bertz CT molecular complexity index is 1210. The number of rotatable bonds is 2. The van der Waals surface area contributed by atoms with Crippen LogP contribution < -0.4 is 5.32 Å². The van der Waals surface area contributed by atoms with Gasteiger partial charge in [-0.1, -0.05) is 30.5 Å². The second-order valence-electron chi connectivity index (χ2n) is 7.66. The monoisotopic (exact) mass is 444 g/mol. The van der Waals surface area contributed by atoms with Crippen LogP contribution in [0, 0.1) is 0 Å². The number of fused-ring (bicyclic) bond motifs is 2. The molecular formula is C19H10F6N2O4. The van der Waals surface area contributed by atoms with Crippen LogP contribution in [0.15, 0.2) is 41.3 Å². The highest BCUT2D eigenvalue weighted by Crippen LogP contribution is 2.60. The molecule has 6 nitrogen and oxygen atoms in total. The summed E-state index contributed by atoms with van der Waals surface area (Å²) >= 11 is 0. The van der Waals surface area contributed by atoms with Crippen LogP contribution >= 0.6 is 0 Å². The van der Waals surface area contributed by atoms with E-state index in [-0.39, 0.29) is 11.1 Å². The number of halogens is 6. The molecule has 1 saturated heterocycles. The SMILES string of the molecule is CC(C)(C1=C(F)C(F)=C(F)C2(F)C(=O)N(F)C(=O)C12F)c1cccc2c1C(=O)NC2=O. The number of carbonyl (C=O) groups is 4. The lowest BCUT2D eigenvalue weighted by Crippen LogP contribution is -2.58. The number of nitrogens with one attached hydrogen (secondary N) is 1. The molecule has 1 N–H and O–H groups in total. The molecule has 1 aliphatic carbocycles. The van der Waals surface area contributed by atoms with Gasteiger partial charge in [0.15, 0.2) is 17.5 Å². The molecule has 0 radical (unpaired) electrons. The van der Waals surface area contributed by atoms with Crippen molar-refractivity contribution >= 4 is 23.6 Å². The minimum Gasteiger partial charge on any atom is -0.288 e. The third kappa shape index (κ3) is 2.09. The summed E-state index contributed by atoms with van der Waals surface area (Å²) in [6.07, 6.45) is 0. The average molecular weight is 444 g/mol. The summed E-state index contributed by atoms with van der Waals surface area (Å²) in [5.74, 6) is -15.1. The zero-order valence-electron chi connectivity index (χ0n) is 15.6. The molecule has 31 heavy (non-hydrogen) atoms. The van der Waals surface area contributed by atoms with Crippen LogP contribution in [0.5, 0.6) is 0 Å². The quantitative estimate of drug-likeness (QED) is 0.432. The van der Waals surface area contributed by atoms with E-state index in [9.17, 15) is 36.8 Å². The van der Waals surface area contributed by atoms with Gasteiger partial charge in [0.1, 0.15) is 0 Å². The van der Waals surface area contributed by atoms with E-state index in [2.05, 4.69) is 0 Å². The number of hydrogen-bond donors (Lipinski definition) is 1. The van der Waals surface area contributed by atoms with E-state index in [0.29, 0.717) is 0 Å². The van der Waals surface area contributed by atoms with Crippen molar-refractivity contribution in [2.45, 2.75) is 30.6 Å². The molecule has 4 amide bonds. The van der Waals surface area contributed by atoms with Crippen molar-refractivity contribution < 1.29 is 45.6 Å². The lowest BCUT2D eigenvalue weighted by molar-refractivity contribution is -0.158. The van der Waals surface area contributed by atoms with Crippen LogP contribution in [0.3, 0.4) is 0 Å². The molecule has 2 heterocycles. The fourth-order valence-corrected chi connectivity index (χ4v) is 4.27. The molecule has 162 valence electrons. The number of alkyl halides is 2. The van der Waals surface area contributed by atoms with Crippen molar-refractivity contribution in [1.82, 2.24) is 10.4 Å². The van der Waals surface area contributed by atoms with Gasteiger partial charge >= 0.3 is 11.8 Å². The van der Waals surface area contributed by atoms with Crippen molar-refractivity contribution in [2.24, 2.45) is 0 Å². The van der Waals surface area contributed by atoms with Gasteiger partial charge in [0.2, 0.25) is 0 Å². The van der Waals surface area contributed by atoms with Crippen LogP contribution in [0.2, 0.25) is 0 Å². The molecule has 12 heteroatoms. The number of carbonyl (C=O) groups excluding carboxylic acids is 4. The number of imide groups is 2. The molecule has 4 rings (SSSR count). The highest BCUT2D eigenvalue weighted by atomic mass is 19.2. The van der Waals surface area contributed by atoms with Crippen molar-refractivity contribution in [1.29, 1.82) is 0 Å². The Morgan fingerprint density at radius 1 is 0.903 bits per heavy atom. The topological polar surface area (TPSA) is 83.6 Å². The lowest BCUT2D eigenvalue weighted by atomic mass is 9.63. The first-order valence-electron chi connectivity index (χ1n) is 8.62. The maximum absolute atomic E-state index is 15.9. The minimum absolute atomic E-state index is 0.241. The third-order valence-electron chi connectivity index (χ3n) is 5.73. The molecule has 3 aliphatic rings. The summed E-state index contributed by atoms with van der Waals surface area (Å²) in [7, 11) is 0. The van der Waals surface area contributed by atoms with Gasteiger partial charge in [0, 0.05) is 11.0 Å². The Morgan fingerprint density at radius 2 is 1.48 bits per heavy atom. The average Bonchev–Trinajstić information content (AvgIpc) is 3.08. The van der Waals surface area contributed by atoms with E-state index < -0.39 is 74.1 Å². The Morgan fingerprint density at radius 3 is 2.10 bits per heavy atom. The van der Waals surface area contributed by atoms with Crippen molar-refractivity contribution in [3.05, 3.63) is 57.9 Å². The third-order valence-corrected chi connectivity index (χ3v) is 5.73. The van der Waals surface area contributed by atoms with Crippen LogP contribution in [-0.2, 0) is 15.0 Å². The number of hydrogen-bond acceptors (Lipinski definition) is 4. The molecule has 1 fully saturated rings. The minimum atomic E-state index is -4.85. The second-order valence-corrected chi connectivity index (χ2v) is 7.66. The molecule has 2 aliphatic heterocycles. The summed E-state index contributed by atoms with van der Waals surface area (Å²) < 4.78 is 88.6. The highest BCUT2D eigenvalue weighted by molar-refractivity contribution is 6.22. The molecule has 0 spiro atoms. The summed E-state index contributed by atoms with van der Waals surface area (Å²) in [4.78, 5) is 48.2. The predicted octanol–water partition coefficient (Wildman–Crippen LogP) is 2.91. The maximum atomic E-state index is 15.9. The van der Waals surface area contributed by atoms with E-state index in [0.717, 1.165) is 19.9 Å². The second kappa shape index (κ2) is 5.83. The summed E-state index contributed by atoms with van der Waals surface area (Å²) in [5, 5.41) is 0.333. The molecule has 0 aromatic heterocycles. The van der Waals surface area contributed by atoms with E-state index in [1.165, 1.54) is 12.1 Å². The standard InChI is InChI=1S/C19H10F6N2O4/c1-17(2,7-5-3-4-6-8(7)14(29)26-13(6)28)11-9(20)10(21)12(22)19(24)16(31)27(25)15(30)18(11,19)23/h3-5H,1-2H3,(H,26,28,29). The predicted molar refractivity (Wildman–Crippen MR) is 89.3 cm³/mol. The van der Waals surface area contributed by atoms with Gasteiger partial charge in [0.05, 0.1) is 11.1 Å². The Kier molecular flexibility index (Phi) is 3.91. The zero-order valence-corrected chi connectivity index (χ0v) is 15.6. The number of benzene rings is 1. The van der Waals surface area contributed by atoms with Crippen LogP contribution in [0.25, 0.3) is 0 Å². The van der Waals surface area contributed by atoms with Gasteiger partial charge in [-0.05, 0) is 11.6 Å². The first-order chi connectivity index (χ1) is 14.2. The van der Waals surface area contributed by atoms with Gasteiger partial charge in [-0.15, -0.1) is 5.12 Å². The summed E-state index contributed by atoms with van der Waals surface area (Å²) in [6, 6.07) is 3.43. The van der Waals surface area contributed by atoms with Crippen molar-refractivity contribution in [3.63, 3.8) is 0 Å². The zero-order chi connectivity index (χ0) is 23.3. The summed E-state index contributed by atoms with van der Waals surface area (Å²) in [6.45, 7) is 1.81. The Labute approximate surface area is 169 Å². The molecule has 0 bridgehead atoms. The van der Waals surface area contributed by atoms with E-state index in [4.69, 9.17) is 0 Å². The number of nitrogens with zero attached hydrogens (tertiary/aromatic N) is 1. The molecular weight excluding hydrogens is 434 g/mol. The van der Waals surface area contributed by atoms with Gasteiger partial charge in [-0.25, -0.2) is 22.0 Å². The lowest BCUT2D eigenvalue weighted by Gasteiger charge is -2.41. The van der Waals surface area contributed by atoms with Crippen LogP contribution in [0.4, 0.5) is 26.4 Å². The fourth-order valence-electron chi connectivity index (χ4n) is 4.27. The fraction of sp³-hybridized carbons (Fsp3) is 0.263. The van der Waals surface area contributed by atoms with Crippen molar-refractivity contribution in [2.75, 3.05) is 0 Å². The van der Waals surface area contributed by atoms with Gasteiger partial charge in [0.25, 0.3) is 23.2 Å². The molecule has 1 aromatic rings. The van der Waals surface area contributed by atoms with E-state index in [1.807, 2.05) is 5.32 Å². The molecule has 2 atom stereocenters. The van der Waals surface area contributed by atoms with Crippen LogP contribution in [0.1, 0.15) is 40.1 Å². The number of allylic oxidation sites excluding steroid dienone is 2. The summed E-state index contributed by atoms with van der Waals surface area (Å²) in [5.41, 5.74) is -14.6. The smallest absolute Gasteiger partial charge is 0.288 e. The van der Waals surface area contributed by atoms with Crippen molar-refractivity contribution in [3.8, 4) is 0 Å². The highest BCUT2D eigenvalue weighted by Gasteiger charge is 2.81. The first-order valence-corrected chi connectivity index (χ1v) is 8.62. The Balaban J connectivity index is 2.09. The van der Waals surface area contributed by atoms with Gasteiger partial charge < -0.3 is 0 Å². The molecule has 1 aromatic carbocycles. The Hall–Kier alpha value is -3.44. The van der Waals surface area contributed by atoms with Gasteiger partial charge in [-0.2, -0.15) is 0 Å². The molecule has 2 unspecified atom stereocenters. The van der Waals surface area contributed by atoms with Gasteiger partial charge in [-0.3, -0.25) is 24.5 Å². The first kappa shape index (κ1) is 20.8. The van der Waals surface area contributed by atoms with Crippen LogP contribution in [-0.4, -0.2) is 40.1 Å². The number of amides is 4. The maximum Gasteiger partial charge on any atom is 0.307 e.